The molecule has 0 saturated heterocycles. The molecule has 0 aliphatic carbocycles. The van der Waals surface area contributed by atoms with Gasteiger partial charge in [-0.3, -0.25) is 9.69 Å². The molecule has 11 heavy (non-hydrogen) atoms. The van der Waals surface area contributed by atoms with Crippen LogP contribution in [0.3, 0.4) is 0 Å². The van der Waals surface area contributed by atoms with Crippen LogP contribution in [-0.2, 0) is 0 Å². The average molecular weight is 194 g/mol. The van der Waals surface area contributed by atoms with Crippen LogP contribution in [0.5, 0.6) is 0 Å². The number of hydrogen-bond donors (Lipinski definition) is 0. The third kappa shape index (κ3) is 2.38. The fraction of sp³-hybridized carbons (Fsp3) is 0.571. The van der Waals surface area contributed by atoms with Crippen LogP contribution in [0.4, 0.5) is 4.79 Å². The van der Waals surface area contributed by atoms with Crippen LogP contribution >= 0.6 is 23.2 Å². The summed E-state index contributed by atoms with van der Waals surface area (Å²) in [7, 11) is 0. The molecule has 0 bridgehead atoms. The monoisotopic (exact) mass is 193 g/mol. The second-order valence-corrected chi connectivity index (χ2v) is 3.14. The van der Waals surface area contributed by atoms with E-state index in [9.17, 15) is 4.79 Å². The highest BCUT2D eigenvalue weighted by Gasteiger charge is 2.15. The molecule has 1 aliphatic rings. The maximum atomic E-state index is 10.7. The molecular weight excluding hydrogens is 185 g/mol. The highest BCUT2D eigenvalue weighted by atomic mass is 35.5. The van der Waals surface area contributed by atoms with Gasteiger partial charge in [0.2, 0.25) is 0 Å². The van der Waals surface area contributed by atoms with Crippen molar-refractivity contribution in [2.24, 2.45) is 0 Å². The van der Waals surface area contributed by atoms with E-state index in [0.717, 1.165) is 19.3 Å². The van der Waals surface area contributed by atoms with Gasteiger partial charge in [0, 0.05) is 6.54 Å². The lowest BCUT2D eigenvalue weighted by Gasteiger charge is -2.15. The van der Waals surface area contributed by atoms with E-state index < -0.39 is 5.37 Å². The van der Waals surface area contributed by atoms with Gasteiger partial charge in [-0.15, -0.1) is 0 Å². The second kappa shape index (κ2) is 3.98. The van der Waals surface area contributed by atoms with Gasteiger partial charge in [-0.05, 0) is 36.9 Å². The van der Waals surface area contributed by atoms with Crippen molar-refractivity contribution in [3.63, 3.8) is 0 Å². The minimum Gasteiger partial charge on any atom is -0.289 e. The van der Waals surface area contributed by atoms with Crippen molar-refractivity contribution in [2.45, 2.75) is 19.3 Å². The van der Waals surface area contributed by atoms with Crippen LogP contribution in [-0.4, -0.2) is 16.8 Å². The molecule has 1 amide bonds. The van der Waals surface area contributed by atoms with Crippen LogP contribution in [0.15, 0.2) is 11.2 Å². The maximum Gasteiger partial charge on any atom is 0.321 e. The lowest BCUT2D eigenvalue weighted by molar-refractivity contribution is 0.236. The van der Waals surface area contributed by atoms with Gasteiger partial charge in [0.15, 0.2) is 0 Å². The number of carbonyl (C=O) groups excluding carboxylic acids is 1. The number of amides is 1. The van der Waals surface area contributed by atoms with E-state index in [0.29, 0.717) is 11.7 Å². The number of carbonyl (C=O) groups is 1. The molecule has 0 aromatic heterocycles. The highest BCUT2D eigenvalue weighted by molar-refractivity contribution is 6.63. The summed E-state index contributed by atoms with van der Waals surface area (Å²) in [5, 5.41) is -0.0318. The van der Waals surface area contributed by atoms with Gasteiger partial charge in [0.05, 0.1) is 0 Å². The highest BCUT2D eigenvalue weighted by Crippen LogP contribution is 2.19. The summed E-state index contributed by atoms with van der Waals surface area (Å²) >= 11 is 11.0. The molecule has 1 heterocycles. The lowest BCUT2D eigenvalue weighted by Crippen LogP contribution is -2.23. The fourth-order valence-electron chi connectivity index (χ4n) is 1.02. The third-order valence-corrected chi connectivity index (χ3v) is 2.18. The molecule has 1 rings (SSSR count). The van der Waals surface area contributed by atoms with Gasteiger partial charge in [-0.25, -0.2) is 0 Å². The molecule has 0 saturated carbocycles. The van der Waals surface area contributed by atoms with Crippen molar-refractivity contribution >= 4 is 28.6 Å². The van der Waals surface area contributed by atoms with Gasteiger partial charge in [-0.1, -0.05) is 11.6 Å². The van der Waals surface area contributed by atoms with Crippen LogP contribution in [0.2, 0.25) is 0 Å². The molecule has 0 aromatic carbocycles. The third-order valence-electron chi connectivity index (χ3n) is 1.62. The Bertz CT molecular complexity index is 191. The van der Waals surface area contributed by atoms with Crippen molar-refractivity contribution in [2.75, 3.05) is 6.54 Å². The van der Waals surface area contributed by atoms with Crippen molar-refractivity contribution in [3.8, 4) is 0 Å². The van der Waals surface area contributed by atoms with E-state index in [2.05, 4.69) is 0 Å². The molecule has 0 atom stereocenters. The molecule has 0 unspecified atom stereocenters. The molecule has 4 heteroatoms. The Balaban J connectivity index is 2.67. The van der Waals surface area contributed by atoms with Gasteiger partial charge in [-0.2, -0.15) is 0 Å². The average Bonchev–Trinajstić information content (AvgIpc) is 2.13. The van der Waals surface area contributed by atoms with Crippen molar-refractivity contribution in [1.29, 1.82) is 0 Å². The van der Waals surface area contributed by atoms with Crippen LogP contribution in [0, 0.1) is 0 Å². The molecule has 0 radical (unpaired) electrons. The van der Waals surface area contributed by atoms with E-state index in [1.54, 1.807) is 0 Å². The fourth-order valence-corrected chi connectivity index (χ4v) is 1.51. The summed E-state index contributed by atoms with van der Waals surface area (Å²) in [6.07, 6.45) is 4.79. The largest absolute Gasteiger partial charge is 0.321 e. The summed E-state index contributed by atoms with van der Waals surface area (Å²) in [5.74, 6) is 0. The summed E-state index contributed by atoms with van der Waals surface area (Å²) in [5.41, 5.74) is 0. The molecule has 0 aromatic rings. The Labute approximate surface area is 75.8 Å². The van der Waals surface area contributed by atoms with Crippen molar-refractivity contribution in [3.05, 3.63) is 11.2 Å². The van der Waals surface area contributed by atoms with Gasteiger partial charge < -0.3 is 0 Å². The Kier molecular flexibility index (Phi) is 3.21. The van der Waals surface area contributed by atoms with E-state index in [1.165, 1.54) is 4.90 Å². The normalized spacial score (nSPS) is 19.1. The first-order chi connectivity index (χ1) is 5.22. The summed E-state index contributed by atoms with van der Waals surface area (Å²) < 4.78 is 0. The smallest absolute Gasteiger partial charge is 0.289 e. The Morgan fingerprint density at radius 3 is 2.91 bits per heavy atom. The topological polar surface area (TPSA) is 20.3 Å². The minimum absolute atomic E-state index is 0.461. The molecule has 0 spiro atoms. The Morgan fingerprint density at radius 2 is 2.27 bits per heavy atom. The zero-order valence-electron chi connectivity index (χ0n) is 6.02. The Morgan fingerprint density at radius 1 is 1.55 bits per heavy atom. The summed E-state index contributed by atoms with van der Waals surface area (Å²) in [4.78, 5) is 12.1. The molecule has 0 fully saturated rings. The van der Waals surface area contributed by atoms with Gasteiger partial charge in [0.1, 0.15) is 5.16 Å². The van der Waals surface area contributed by atoms with Crippen molar-refractivity contribution < 1.29 is 4.79 Å². The standard InChI is InChI=1S/C7H9Cl2NO/c8-6-4-2-1-3-5-10(6)7(9)11/h4H,1-3,5H2. The molecule has 0 N–H and O–H groups in total. The first-order valence-corrected chi connectivity index (χ1v) is 4.30. The maximum absolute atomic E-state index is 10.7. The SMILES string of the molecule is O=C(Cl)N1CCCCC=C1Cl. The van der Waals surface area contributed by atoms with E-state index >= 15 is 0 Å². The minimum atomic E-state index is -0.492. The first-order valence-electron chi connectivity index (χ1n) is 3.54. The van der Waals surface area contributed by atoms with Gasteiger partial charge in [0.25, 0.3) is 0 Å². The number of allylic oxidation sites excluding steroid dienone is 1. The first kappa shape index (κ1) is 8.88. The second-order valence-electron chi connectivity index (χ2n) is 2.43. The summed E-state index contributed by atoms with van der Waals surface area (Å²) in [6.45, 7) is 0.637. The quantitative estimate of drug-likeness (QED) is 0.428. The number of hydrogen-bond acceptors (Lipinski definition) is 1. The van der Waals surface area contributed by atoms with E-state index in [4.69, 9.17) is 23.2 Å². The van der Waals surface area contributed by atoms with Crippen LogP contribution in [0.25, 0.3) is 0 Å². The van der Waals surface area contributed by atoms with E-state index in [1.807, 2.05) is 6.08 Å². The predicted molar refractivity (Wildman–Crippen MR) is 45.7 cm³/mol. The number of rotatable bonds is 0. The molecule has 1 aliphatic heterocycles. The van der Waals surface area contributed by atoms with Crippen molar-refractivity contribution in [1.82, 2.24) is 4.90 Å². The molecule has 2 nitrogen and oxygen atoms in total. The number of nitrogens with zero attached hydrogens (tertiary/aromatic N) is 1. The lowest BCUT2D eigenvalue weighted by atomic mass is 10.2. The number of halogens is 2. The molecule has 62 valence electrons. The predicted octanol–water partition coefficient (Wildman–Crippen LogP) is 2.91. The zero-order valence-corrected chi connectivity index (χ0v) is 7.53. The van der Waals surface area contributed by atoms with Gasteiger partial charge >= 0.3 is 5.37 Å². The van der Waals surface area contributed by atoms with Crippen LogP contribution in [0.1, 0.15) is 19.3 Å². The molecular formula is C7H9Cl2NO. The van der Waals surface area contributed by atoms with Crippen LogP contribution < -0.4 is 0 Å². The summed E-state index contributed by atoms with van der Waals surface area (Å²) in [6, 6.07) is 0. The Hall–Kier alpha value is -0.210. The zero-order chi connectivity index (χ0) is 8.27. The van der Waals surface area contributed by atoms with E-state index in [-0.39, 0.29) is 0 Å².